The first-order chi connectivity index (χ1) is 6.63. The molecule has 0 aliphatic heterocycles. The van der Waals surface area contributed by atoms with Gasteiger partial charge in [-0.05, 0) is 36.0 Å². The van der Waals surface area contributed by atoms with E-state index in [4.69, 9.17) is 23.2 Å². The number of hydrogen-bond acceptors (Lipinski definition) is 0. The lowest BCUT2D eigenvalue weighted by Crippen LogP contribution is -2.04. The molecule has 0 N–H and O–H groups in total. The number of alkyl halides is 1. The van der Waals surface area contributed by atoms with Crippen LogP contribution < -0.4 is 0 Å². The van der Waals surface area contributed by atoms with Gasteiger partial charge in [0.15, 0.2) is 0 Å². The molecule has 1 atom stereocenters. The van der Waals surface area contributed by atoms with Gasteiger partial charge in [-0.2, -0.15) is 0 Å². The fraction of sp³-hybridized carbons (Fsp3) is 0.500. The molecule has 1 unspecified atom stereocenters. The summed E-state index contributed by atoms with van der Waals surface area (Å²) in [6.45, 7) is 4.42. The molecular formula is C12H16Cl2. The van der Waals surface area contributed by atoms with Crippen LogP contribution >= 0.6 is 23.2 Å². The minimum atomic E-state index is 0.426. The van der Waals surface area contributed by atoms with Gasteiger partial charge in [-0.3, -0.25) is 0 Å². The summed E-state index contributed by atoms with van der Waals surface area (Å²) in [7, 11) is 0. The summed E-state index contributed by atoms with van der Waals surface area (Å²) in [6, 6.07) is 7.99. The minimum absolute atomic E-state index is 0.426. The lowest BCUT2D eigenvalue weighted by atomic mass is 9.92. The largest absolute Gasteiger partial charge is 0.126 e. The van der Waals surface area contributed by atoms with Gasteiger partial charge in [-0.15, -0.1) is 11.6 Å². The molecule has 14 heavy (non-hydrogen) atoms. The maximum atomic E-state index is 5.96. The zero-order chi connectivity index (χ0) is 10.6. The van der Waals surface area contributed by atoms with E-state index in [1.54, 1.807) is 0 Å². The first kappa shape index (κ1) is 11.9. The van der Waals surface area contributed by atoms with Gasteiger partial charge >= 0.3 is 0 Å². The summed E-state index contributed by atoms with van der Waals surface area (Å²) < 4.78 is 0. The Morgan fingerprint density at radius 1 is 1.29 bits per heavy atom. The molecule has 0 saturated carbocycles. The Hall–Kier alpha value is -0.200. The lowest BCUT2D eigenvalue weighted by Gasteiger charge is -2.16. The Bertz CT molecular complexity index is 281. The third kappa shape index (κ3) is 3.51. The minimum Gasteiger partial charge on any atom is -0.126 e. The third-order valence-electron chi connectivity index (χ3n) is 2.26. The van der Waals surface area contributed by atoms with E-state index in [-0.39, 0.29) is 0 Å². The molecule has 0 saturated heterocycles. The van der Waals surface area contributed by atoms with Crippen molar-refractivity contribution in [2.24, 2.45) is 5.92 Å². The van der Waals surface area contributed by atoms with Crippen molar-refractivity contribution in [3.05, 3.63) is 34.9 Å². The Balaban J connectivity index is 2.78. The van der Waals surface area contributed by atoms with Crippen molar-refractivity contribution in [1.29, 1.82) is 0 Å². The zero-order valence-corrected chi connectivity index (χ0v) is 10.1. The molecule has 0 aliphatic carbocycles. The van der Waals surface area contributed by atoms with Crippen LogP contribution in [0.1, 0.15) is 31.7 Å². The summed E-state index contributed by atoms with van der Waals surface area (Å²) in [5.41, 5.74) is 1.25. The van der Waals surface area contributed by atoms with Crippen LogP contribution in [0.3, 0.4) is 0 Å². The highest BCUT2D eigenvalue weighted by molar-refractivity contribution is 6.30. The van der Waals surface area contributed by atoms with E-state index < -0.39 is 0 Å². The smallest absolute Gasteiger partial charge is 0.0408 e. The van der Waals surface area contributed by atoms with Gasteiger partial charge in [0.2, 0.25) is 0 Å². The first-order valence-electron chi connectivity index (χ1n) is 4.95. The highest BCUT2D eigenvalue weighted by Crippen LogP contribution is 2.26. The zero-order valence-electron chi connectivity index (χ0n) is 8.63. The number of benzene rings is 1. The molecule has 1 rings (SSSR count). The Labute approximate surface area is 96.2 Å². The summed E-state index contributed by atoms with van der Waals surface area (Å²) in [5, 5.41) is 0.793. The normalized spacial score (nSPS) is 13.2. The molecule has 78 valence electrons. The summed E-state index contributed by atoms with van der Waals surface area (Å²) in [4.78, 5) is 0. The van der Waals surface area contributed by atoms with Crippen molar-refractivity contribution in [2.75, 3.05) is 5.88 Å². The summed E-state index contributed by atoms with van der Waals surface area (Å²) in [6.07, 6.45) is 1.11. The molecular weight excluding hydrogens is 215 g/mol. The fourth-order valence-corrected chi connectivity index (χ4v) is 2.12. The van der Waals surface area contributed by atoms with Crippen LogP contribution in [0.15, 0.2) is 24.3 Å². The van der Waals surface area contributed by atoms with Gasteiger partial charge < -0.3 is 0 Å². The predicted octanol–water partition coefficient (Wildman–Crippen LogP) is 4.71. The average molecular weight is 231 g/mol. The fourth-order valence-electron chi connectivity index (χ4n) is 1.62. The third-order valence-corrected chi connectivity index (χ3v) is 2.87. The second-order valence-corrected chi connectivity index (χ2v) is 4.78. The van der Waals surface area contributed by atoms with Gasteiger partial charge in [0.05, 0.1) is 0 Å². The second-order valence-electron chi connectivity index (χ2n) is 4.04. The van der Waals surface area contributed by atoms with E-state index >= 15 is 0 Å². The van der Waals surface area contributed by atoms with Crippen LogP contribution in [0.2, 0.25) is 5.02 Å². The van der Waals surface area contributed by atoms with Crippen molar-refractivity contribution < 1.29 is 0 Å². The molecule has 0 aliphatic rings. The van der Waals surface area contributed by atoms with Crippen LogP contribution in [-0.2, 0) is 0 Å². The predicted molar refractivity (Wildman–Crippen MR) is 64.4 cm³/mol. The molecule has 0 spiro atoms. The van der Waals surface area contributed by atoms with Crippen molar-refractivity contribution in [3.8, 4) is 0 Å². The van der Waals surface area contributed by atoms with Crippen LogP contribution in [0.4, 0.5) is 0 Å². The standard InChI is InChI=1S/C12H16Cl2/c1-9(2)6-11(8-13)10-4-3-5-12(14)7-10/h3-5,7,9,11H,6,8H2,1-2H3. The highest BCUT2D eigenvalue weighted by Gasteiger charge is 2.12. The van der Waals surface area contributed by atoms with E-state index in [9.17, 15) is 0 Å². The van der Waals surface area contributed by atoms with E-state index in [1.807, 2.05) is 18.2 Å². The van der Waals surface area contributed by atoms with Gasteiger partial charge in [0, 0.05) is 10.9 Å². The summed E-state index contributed by atoms with van der Waals surface area (Å²) in [5.74, 6) is 1.76. The van der Waals surface area contributed by atoms with Gasteiger partial charge in [-0.1, -0.05) is 37.6 Å². The SMILES string of the molecule is CC(C)CC(CCl)c1cccc(Cl)c1. The molecule has 0 bridgehead atoms. The lowest BCUT2D eigenvalue weighted by molar-refractivity contribution is 0.526. The van der Waals surface area contributed by atoms with Crippen LogP contribution in [0.25, 0.3) is 0 Å². The molecule has 2 heteroatoms. The first-order valence-corrected chi connectivity index (χ1v) is 5.86. The average Bonchev–Trinajstić information content (AvgIpc) is 2.14. The topological polar surface area (TPSA) is 0 Å². The Kier molecular flexibility index (Phi) is 4.77. The van der Waals surface area contributed by atoms with Crippen molar-refractivity contribution in [2.45, 2.75) is 26.2 Å². The van der Waals surface area contributed by atoms with Crippen molar-refractivity contribution >= 4 is 23.2 Å². The van der Waals surface area contributed by atoms with E-state index in [1.165, 1.54) is 5.56 Å². The van der Waals surface area contributed by atoms with Crippen molar-refractivity contribution in [1.82, 2.24) is 0 Å². The molecule has 0 nitrogen and oxygen atoms in total. The molecule has 0 fully saturated rings. The van der Waals surface area contributed by atoms with Gasteiger partial charge in [0.1, 0.15) is 0 Å². The maximum absolute atomic E-state index is 5.96. The van der Waals surface area contributed by atoms with Crippen LogP contribution in [-0.4, -0.2) is 5.88 Å². The van der Waals surface area contributed by atoms with E-state index in [2.05, 4.69) is 19.9 Å². The number of halogens is 2. The van der Waals surface area contributed by atoms with Crippen molar-refractivity contribution in [3.63, 3.8) is 0 Å². The Morgan fingerprint density at radius 3 is 2.50 bits per heavy atom. The Morgan fingerprint density at radius 2 is 2.00 bits per heavy atom. The highest BCUT2D eigenvalue weighted by atomic mass is 35.5. The van der Waals surface area contributed by atoms with Crippen LogP contribution in [0, 0.1) is 5.92 Å². The monoisotopic (exact) mass is 230 g/mol. The number of hydrogen-bond donors (Lipinski definition) is 0. The molecule has 0 amide bonds. The van der Waals surface area contributed by atoms with Crippen LogP contribution in [0.5, 0.6) is 0 Å². The molecule has 0 aromatic heterocycles. The second kappa shape index (κ2) is 5.63. The quantitative estimate of drug-likeness (QED) is 0.658. The molecule has 0 radical (unpaired) electrons. The number of rotatable bonds is 4. The van der Waals surface area contributed by atoms with Gasteiger partial charge in [0.25, 0.3) is 0 Å². The molecule has 0 heterocycles. The summed E-state index contributed by atoms with van der Waals surface area (Å²) >= 11 is 11.9. The van der Waals surface area contributed by atoms with E-state index in [0.29, 0.717) is 17.7 Å². The molecule has 1 aromatic carbocycles. The molecule has 1 aromatic rings. The van der Waals surface area contributed by atoms with Gasteiger partial charge in [-0.25, -0.2) is 0 Å². The van der Waals surface area contributed by atoms with E-state index in [0.717, 1.165) is 11.4 Å². The maximum Gasteiger partial charge on any atom is 0.0408 e.